The molecule has 2 aromatic rings. The van der Waals surface area contributed by atoms with E-state index in [1.165, 1.54) is 17.4 Å². The lowest BCUT2D eigenvalue weighted by Crippen LogP contribution is -1.99. The molecule has 1 heterocycles. The van der Waals surface area contributed by atoms with Crippen molar-refractivity contribution >= 4 is 29.0 Å². The second-order valence-electron chi connectivity index (χ2n) is 3.86. The van der Waals surface area contributed by atoms with Crippen LogP contribution in [0.2, 0.25) is 0 Å². The Morgan fingerprint density at radius 2 is 2.21 bits per heavy atom. The van der Waals surface area contributed by atoms with Crippen molar-refractivity contribution in [3.8, 4) is 6.07 Å². The van der Waals surface area contributed by atoms with Gasteiger partial charge in [0.25, 0.3) is 0 Å². The molecule has 1 aromatic carbocycles. The van der Waals surface area contributed by atoms with Crippen molar-refractivity contribution in [2.45, 2.75) is 6.92 Å². The Balaban J connectivity index is 2.50. The zero-order chi connectivity index (χ0) is 13.8. The number of carboxylic acids is 1. The number of aromatic carboxylic acids is 1. The largest absolute Gasteiger partial charge is 0.478 e. The smallest absolute Gasteiger partial charge is 0.336 e. The first-order valence-corrected chi connectivity index (χ1v) is 6.36. The maximum absolute atomic E-state index is 11.1. The molecule has 4 nitrogen and oxygen atoms in total. The van der Waals surface area contributed by atoms with E-state index < -0.39 is 5.97 Å². The summed E-state index contributed by atoms with van der Waals surface area (Å²) in [5.74, 6) is -1.01. The molecule has 0 aliphatic carbocycles. The highest BCUT2D eigenvalue weighted by atomic mass is 32.1. The predicted molar refractivity (Wildman–Crippen MR) is 73.7 cm³/mol. The first-order valence-electron chi connectivity index (χ1n) is 5.48. The van der Waals surface area contributed by atoms with Crippen molar-refractivity contribution in [2.24, 2.45) is 0 Å². The summed E-state index contributed by atoms with van der Waals surface area (Å²) in [6.45, 7) is 1.85. The summed E-state index contributed by atoms with van der Waals surface area (Å²) in [4.78, 5) is 15.3. The van der Waals surface area contributed by atoms with E-state index in [-0.39, 0.29) is 5.56 Å². The van der Waals surface area contributed by atoms with Gasteiger partial charge in [-0.3, -0.25) is 0 Å². The van der Waals surface area contributed by atoms with Crippen LogP contribution in [-0.2, 0) is 0 Å². The number of nitriles is 1. The first kappa shape index (κ1) is 13.0. The number of carboxylic acid groups (broad SMARTS) is 1. The standard InChI is InChI=1S/C14H10N2O2S/c1-9-8-19-13(16-9)11(7-15)6-10-4-2-3-5-12(10)14(17)18/h2-6,8H,1H3,(H,17,18)/b11-6+. The second kappa shape index (κ2) is 5.46. The number of carbonyl (C=O) groups is 1. The molecule has 0 fully saturated rings. The summed E-state index contributed by atoms with van der Waals surface area (Å²) in [7, 11) is 0. The highest BCUT2D eigenvalue weighted by Crippen LogP contribution is 2.22. The lowest BCUT2D eigenvalue weighted by molar-refractivity contribution is 0.0696. The van der Waals surface area contributed by atoms with Crippen molar-refractivity contribution in [3.63, 3.8) is 0 Å². The van der Waals surface area contributed by atoms with Gasteiger partial charge in [0, 0.05) is 11.1 Å². The minimum atomic E-state index is -1.01. The average Bonchev–Trinajstić information content (AvgIpc) is 2.82. The van der Waals surface area contributed by atoms with E-state index in [4.69, 9.17) is 5.11 Å². The van der Waals surface area contributed by atoms with E-state index >= 15 is 0 Å². The lowest BCUT2D eigenvalue weighted by Gasteiger charge is -2.01. The topological polar surface area (TPSA) is 74.0 Å². The van der Waals surface area contributed by atoms with Gasteiger partial charge in [-0.15, -0.1) is 11.3 Å². The molecule has 19 heavy (non-hydrogen) atoms. The molecular weight excluding hydrogens is 260 g/mol. The van der Waals surface area contributed by atoms with Gasteiger partial charge < -0.3 is 5.11 Å². The molecule has 0 atom stereocenters. The Hall–Kier alpha value is -2.45. The highest BCUT2D eigenvalue weighted by molar-refractivity contribution is 7.11. The van der Waals surface area contributed by atoms with Gasteiger partial charge in [0.15, 0.2) is 0 Å². The van der Waals surface area contributed by atoms with Gasteiger partial charge in [-0.25, -0.2) is 9.78 Å². The van der Waals surface area contributed by atoms with Crippen LogP contribution in [0.3, 0.4) is 0 Å². The monoisotopic (exact) mass is 270 g/mol. The van der Waals surface area contributed by atoms with Gasteiger partial charge >= 0.3 is 5.97 Å². The zero-order valence-electron chi connectivity index (χ0n) is 10.1. The van der Waals surface area contributed by atoms with Crippen LogP contribution in [0.25, 0.3) is 11.6 Å². The van der Waals surface area contributed by atoms with Crippen molar-refractivity contribution in [1.82, 2.24) is 4.98 Å². The molecule has 2 rings (SSSR count). The van der Waals surface area contributed by atoms with E-state index in [2.05, 4.69) is 11.1 Å². The van der Waals surface area contributed by atoms with Crippen LogP contribution in [0.4, 0.5) is 0 Å². The van der Waals surface area contributed by atoms with Crippen LogP contribution in [0.15, 0.2) is 29.6 Å². The Kier molecular flexibility index (Phi) is 3.74. The molecule has 0 spiro atoms. The fraction of sp³-hybridized carbons (Fsp3) is 0.0714. The number of aryl methyl sites for hydroxylation is 1. The Labute approximate surface area is 114 Å². The predicted octanol–water partition coefficient (Wildman–Crippen LogP) is 3.21. The molecule has 0 bridgehead atoms. The first-order chi connectivity index (χ1) is 9.11. The summed E-state index contributed by atoms with van der Waals surface area (Å²) < 4.78 is 0. The van der Waals surface area contributed by atoms with Crippen molar-refractivity contribution < 1.29 is 9.90 Å². The number of nitrogens with zero attached hydrogens (tertiary/aromatic N) is 2. The molecule has 1 aromatic heterocycles. The normalized spacial score (nSPS) is 11.1. The third kappa shape index (κ3) is 2.87. The zero-order valence-corrected chi connectivity index (χ0v) is 10.9. The maximum Gasteiger partial charge on any atom is 0.336 e. The van der Waals surface area contributed by atoms with Gasteiger partial charge in [-0.2, -0.15) is 5.26 Å². The molecule has 0 saturated heterocycles. The van der Waals surface area contributed by atoms with E-state index in [9.17, 15) is 10.1 Å². The molecule has 0 aliphatic heterocycles. The van der Waals surface area contributed by atoms with E-state index in [0.717, 1.165) is 5.69 Å². The van der Waals surface area contributed by atoms with Gasteiger partial charge in [0.2, 0.25) is 0 Å². The van der Waals surface area contributed by atoms with Gasteiger partial charge in [-0.05, 0) is 24.6 Å². The minimum absolute atomic E-state index is 0.170. The Morgan fingerprint density at radius 3 is 2.79 bits per heavy atom. The molecule has 5 heteroatoms. The van der Waals surface area contributed by atoms with E-state index in [1.807, 2.05) is 12.3 Å². The molecule has 0 amide bonds. The van der Waals surface area contributed by atoms with Gasteiger partial charge in [0.05, 0.1) is 11.1 Å². The third-order valence-electron chi connectivity index (χ3n) is 2.46. The molecule has 94 valence electrons. The van der Waals surface area contributed by atoms with Crippen LogP contribution < -0.4 is 0 Å². The summed E-state index contributed by atoms with van der Waals surface area (Å²) in [5.41, 5.74) is 1.88. The fourth-order valence-corrected chi connectivity index (χ4v) is 2.36. The summed E-state index contributed by atoms with van der Waals surface area (Å²) >= 11 is 1.37. The van der Waals surface area contributed by atoms with Crippen LogP contribution in [-0.4, -0.2) is 16.1 Å². The number of thiazole rings is 1. The number of hydrogen-bond acceptors (Lipinski definition) is 4. The molecular formula is C14H10N2O2S. The lowest BCUT2D eigenvalue weighted by atomic mass is 10.1. The van der Waals surface area contributed by atoms with Gasteiger partial charge in [-0.1, -0.05) is 18.2 Å². The summed E-state index contributed by atoms with van der Waals surface area (Å²) in [6, 6.07) is 8.63. The molecule has 0 saturated carbocycles. The Morgan fingerprint density at radius 1 is 1.47 bits per heavy atom. The number of allylic oxidation sites excluding steroid dienone is 1. The number of benzene rings is 1. The number of hydrogen-bond donors (Lipinski definition) is 1. The summed E-state index contributed by atoms with van der Waals surface area (Å²) in [5, 5.41) is 20.7. The minimum Gasteiger partial charge on any atom is -0.478 e. The van der Waals surface area contributed by atoms with Crippen LogP contribution in [0.1, 0.15) is 26.6 Å². The van der Waals surface area contributed by atoms with Crippen LogP contribution in [0.5, 0.6) is 0 Å². The quantitative estimate of drug-likeness (QED) is 0.869. The molecule has 0 aliphatic rings. The highest BCUT2D eigenvalue weighted by Gasteiger charge is 2.10. The molecule has 0 unspecified atom stereocenters. The van der Waals surface area contributed by atoms with Crippen molar-refractivity contribution in [3.05, 3.63) is 51.5 Å². The van der Waals surface area contributed by atoms with Crippen molar-refractivity contribution in [1.29, 1.82) is 5.26 Å². The van der Waals surface area contributed by atoms with Crippen LogP contribution in [0, 0.1) is 18.3 Å². The second-order valence-corrected chi connectivity index (χ2v) is 4.71. The molecule has 0 radical (unpaired) electrons. The Bertz CT molecular complexity index is 695. The van der Waals surface area contributed by atoms with E-state index in [1.54, 1.807) is 24.3 Å². The maximum atomic E-state index is 11.1. The van der Waals surface area contributed by atoms with Crippen LogP contribution >= 0.6 is 11.3 Å². The third-order valence-corrected chi connectivity index (χ3v) is 3.45. The molecule has 1 N–H and O–H groups in total. The fourth-order valence-electron chi connectivity index (χ4n) is 1.59. The number of aromatic nitrogens is 1. The summed E-state index contributed by atoms with van der Waals surface area (Å²) in [6.07, 6.45) is 1.56. The van der Waals surface area contributed by atoms with Crippen molar-refractivity contribution in [2.75, 3.05) is 0 Å². The number of rotatable bonds is 3. The SMILES string of the molecule is Cc1csc(/C(C#N)=C/c2ccccc2C(=O)O)n1. The van der Waals surface area contributed by atoms with Gasteiger partial charge in [0.1, 0.15) is 11.1 Å². The average molecular weight is 270 g/mol. The van der Waals surface area contributed by atoms with E-state index in [0.29, 0.717) is 16.1 Å².